The Morgan fingerprint density at radius 3 is 2.50 bits per heavy atom. The summed E-state index contributed by atoms with van der Waals surface area (Å²) in [6.07, 6.45) is 0. The van der Waals surface area contributed by atoms with Crippen molar-refractivity contribution in [1.82, 2.24) is 10.6 Å². The Bertz CT molecular complexity index is 102. The molecule has 2 N–H and O–H groups in total. The zero-order valence-electron chi connectivity index (χ0n) is 4.53. The van der Waals surface area contributed by atoms with Gasteiger partial charge in [0.2, 0.25) is 5.91 Å². The average Bonchev–Trinajstić information content (AvgIpc) is 1.77. The summed E-state index contributed by atoms with van der Waals surface area (Å²) in [6.45, 7) is 4.56. The summed E-state index contributed by atoms with van der Waals surface area (Å²) in [6, 6.07) is 0. The van der Waals surface area contributed by atoms with E-state index in [-0.39, 0.29) is 5.91 Å². The highest BCUT2D eigenvalue weighted by molar-refractivity contribution is 5.79. The Morgan fingerprint density at radius 1 is 1.38 bits per heavy atom. The van der Waals surface area contributed by atoms with E-state index in [1.807, 2.05) is 0 Å². The molecule has 3 nitrogen and oxygen atoms in total. The Morgan fingerprint density at radius 2 is 2.12 bits per heavy atom. The van der Waals surface area contributed by atoms with E-state index >= 15 is 0 Å². The third-order valence-corrected chi connectivity index (χ3v) is 0.998. The molecule has 0 saturated carbocycles. The molecule has 0 aromatic rings. The molecule has 0 aromatic carbocycles. The van der Waals surface area contributed by atoms with Crippen molar-refractivity contribution in [3.8, 4) is 0 Å². The molecule has 0 atom stereocenters. The lowest BCUT2D eigenvalue weighted by molar-refractivity contribution is -0.120. The number of nitrogens with one attached hydrogen (secondary N) is 2. The number of rotatable bonds is 0. The molecule has 0 unspecified atom stereocenters. The van der Waals surface area contributed by atoms with Crippen LogP contribution in [0.2, 0.25) is 0 Å². The molecule has 0 bridgehead atoms. The molecule has 1 amide bonds. The molecule has 1 rings (SSSR count). The van der Waals surface area contributed by atoms with Gasteiger partial charge >= 0.3 is 0 Å². The maximum atomic E-state index is 10.4. The second kappa shape index (κ2) is 1.86. The maximum Gasteiger partial charge on any atom is 0.239 e. The van der Waals surface area contributed by atoms with Crippen LogP contribution in [0, 0.1) is 0 Å². The van der Waals surface area contributed by atoms with E-state index in [9.17, 15) is 4.79 Å². The van der Waals surface area contributed by atoms with Crippen LogP contribution in [0.5, 0.6) is 0 Å². The van der Waals surface area contributed by atoms with E-state index in [0.29, 0.717) is 13.1 Å². The van der Waals surface area contributed by atoms with Crippen LogP contribution in [0.15, 0.2) is 12.3 Å². The van der Waals surface area contributed by atoms with E-state index in [0.717, 1.165) is 5.70 Å². The van der Waals surface area contributed by atoms with Gasteiger partial charge in [-0.1, -0.05) is 6.58 Å². The van der Waals surface area contributed by atoms with Gasteiger partial charge in [-0.2, -0.15) is 0 Å². The summed E-state index contributed by atoms with van der Waals surface area (Å²) in [4.78, 5) is 10.4. The van der Waals surface area contributed by atoms with Gasteiger partial charge in [0, 0.05) is 5.70 Å². The molecule has 8 heavy (non-hydrogen) atoms. The van der Waals surface area contributed by atoms with Crippen LogP contribution in [-0.4, -0.2) is 19.0 Å². The van der Waals surface area contributed by atoms with Crippen molar-refractivity contribution in [2.24, 2.45) is 0 Å². The van der Waals surface area contributed by atoms with E-state index in [1.165, 1.54) is 0 Å². The lowest BCUT2D eigenvalue weighted by Crippen LogP contribution is -2.42. The first-order valence-corrected chi connectivity index (χ1v) is 2.47. The zero-order valence-corrected chi connectivity index (χ0v) is 4.53. The van der Waals surface area contributed by atoms with E-state index in [4.69, 9.17) is 0 Å². The van der Waals surface area contributed by atoms with E-state index < -0.39 is 0 Å². The zero-order chi connectivity index (χ0) is 5.98. The first kappa shape index (κ1) is 5.15. The predicted octanol–water partition coefficient (Wildman–Crippen LogP) is -0.781. The molecule has 1 aliphatic rings. The van der Waals surface area contributed by atoms with Crippen molar-refractivity contribution in [2.45, 2.75) is 0 Å². The van der Waals surface area contributed by atoms with Crippen LogP contribution >= 0.6 is 0 Å². The monoisotopic (exact) mass is 112 g/mol. The fraction of sp³-hybridized carbons (Fsp3) is 0.400. The summed E-state index contributed by atoms with van der Waals surface area (Å²) in [5.74, 6) is 0.0393. The number of hydrogen-bond acceptors (Lipinski definition) is 2. The quantitative estimate of drug-likeness (QED) is 0.431. The van der Waals surface area contributed by atoms with Crippen molar-refractivity contribution in [2.75, 3.05) is 13.1 Å². The van der Waals surface area contributed by atoms with Gasteiger partial charge in [-0.05, 0) is 0 Å². The van der Waals surface area contributed by atoms with E-state index in [2.05, 4.69) is 17.2 Å². The smallest absolute Gasteiger partial charge is 0.239 e. The molecule has 0 spiro atoms. The third kappa shape index (κ3) is 0.992. The Labute approximate surface area is 47.8 Å². The van der Waals surface area contributed by atoms with Crippen LogP contribution in [-0.2, 0) is 4.79 Å². The molecule has 0 aliphatic carbocycles. The topological polar surface area (TPSA) is 41.1 Å². The van der Waals surface area contributed by atoms with Crippen molar-refractivity contribution in [3.05, 3.63) is 12.3 Å². The van der Waals surface area contributed by atoms with Crippen molar-refractivity contribution >= 4 is 5.91 Å². The van der Waals surface area contributed by atoms with Gasteiger partial charge in [-0.3, -0.25) is 4.79 Å². The molecule has 0 aromatic heterocycles. The predicted molar refractivity (Wildman–Crippen MR) is 30.2 cm³/mol. The van der Waals surface area contributed by atoms with Crippen molar-refractivity contribution in [3.63, 3.8) is 0 Å². The van der Waals surface area contributed by atoms with Crippen LogP contribution in [0.4, 0.5) is 0 Å². The lowest BCUT2D eigenvalue weighted by atomic mass is 10.4. The minimum Gasteiger partial charge on any atom is -0.379 e. The number of carbonyl (C=O) groups excluding carboxylic acids is 1. The van der Waals surface area contributed by atoms with Crippen LogP contribution in [0.1, 0.15) is 0 Å². The summed E-state index contributed by atoms with van der Waals surface area (Å²) in [5, 5.41) is 5.46. The van der Waals surface area contributed by atoms with Gasteiger partial charge in [0.25, 0.3) is 0 Å². The van der Waals surface area contributed by atoms with Gasteiger partial charge in [-0.25, -0.2) is 0 Å². The Kier molecular flexibility index (Phi) is 1.20. The first-order chi connectivity index (χ1) is 3.79. The lowest BCUT2D eigenvalue weighted by Gasteiger charge is -2.15. The van der Waals surface area contributed by atoms with Crippen molar-refractivity contribution < 1.29 is 4.79 Å². The molecule has 0 radical (unpaired) electrons. The average molecular weight is 112 g/mol. The van der Waals surface area contributed by atoms with Gasteiger partial charge in [0.15, 0.2) is 0 Å². The molecule has 1 fully saturated rings. The highest BCUT2D eigenvalue weighted by atomic mass is 16.2. The number of piperazine rings is 1. The summed E-state index contributed by atoms with van der Waals surface area (Å²) in [5.41, 5.74) is 0.879. The van der Waals surface area contributed by atoms with Crippen LogP contribution < -0.4 is 10.6 Å². The molecule has 1 saturated heterocycles. The fourth-order valence-corrected chi connectivity index (χ4v) is 0.536. The molecular weight excluding hydrogens is 104 g/mol. The van der Waals surface area contributed by atoms with Gasteiger partial charge in [0.1, 0.15) is 0 Å². The van der Waals surface area contributed by atoms with Crippen LogP contribution in [0.25, 0.3) is 0 Å². The Hall–Kier alpha value is -0.990. The normalized spacial score (nSPS) is 19.5. The summed E-state index contributed by atoms with van der Waals surface area (Å²) in [7, 11) is 0. The SMILES string of the molecule is C=C1CNC(=O)CN1. The highest BCUT2D eigenvalue weighted by Crippen LogP contribution is 1.84. The minimum atomic E-state index is 0.0393. The van der Waals surface area contributed by atoms with Crippen molar-refractivity contribution in [1.29, 1.82) is 0 Å². The number of amides is 1. The van der Waals surface area contributed by atoms with Crippen LogP contribution in [0.3, 0.4) is 0 Å². The molecule has 1 heterocycles. The van der Waals surface area contributed by atoms with Gasteiger partial charge < -0.3 is 10.6 Å². The Balaban J connectivity index is 2.40. The fourth-order valence-electron chi connectivity index (χ4n) is 0.536. The highest BCUT2D eigenvalue weighted by Gasteiger charge is 2.06. The maximum absolute atomic E-state index is 10.4. The number of hydrogen-bond donors (Lipinski definition) is 2. The summed E-state index contributed by atoms with van der Waals surface area (Å²) < 4.78 is 0. The summed E-state index contributed by atoms with van der Waals surface area (Å²) >= 11 is 0. The number of carbonyl (C=O) groups is 1. The molecular formula is C5H8N2O. The van der Waals surface area contributed by atoms with E-state index in [1.54, 1.807) is 0 Å². The molecule has 44 valence electrons. The minimum absolute atomic E-state index is 0.0393. The van der Waals surface area contributed by atoms with Gasteiger partial charge in [-0.15, -0.1) is 0 Å². The molecule has 3 heteroatoms. The standard InChI is InChI=1S/C5H8N2O/c1-4-2-7-5(8)3-6-4/h6H,1-3H2,(H,7,8). The second-order valence-electron chi connectivity index (χ2n) is 1.73. The largest absolute Gasteiger partial charge is 0.379 e. The third-order valence-electron chi connectivity index (χ3n) is 0.998. The molecule has 1 aliphatic heterocycles. The van der Waals surface area contributed by atoms with Gasteiger partial charge in [0.05, 0.1) is 13.1 Å². The second-order valence-corrected chi connectivity index (χ2v) is 1.73. The first-order valence-electron chi connectivity index (χ1n) is 2.47.